The second kappa shape index (κ2) is 9.03. The number of fused-ring (bicyclic) bond motifs is 1. The van der Waals surface area contributed by atoms with E-state index in [-0.39, 0.29) is 23.7 Å². The molecule has 0 radical (unpaired) electrons. The maximum Gasteiger partial charge on any atom is 0.178 e. The lowest BCUT2D eigenvalue weighted by atomic mass is 10.1. The summed E-state index contributed by atoms with van der Waals surface area (Å²) in [5.74, 6) is -0.925. The summed E-state index contributed by atoms with van der Waals surface area (Å²) in [6, 6.07) is 8.46. The van der Waals surface area contributed by atoms with E-state index >= 15 is 0 Å². The van der Waals surface area contributed by atoms with Crippen molar-refractivity contribution in [2.45, 2.75) is 25.3 Å². The number of hydrogen-bond acceptors (Lipinski definition) is 6. The largest absolute Gasteiger partial charge is 0.486 e. The molecule has 1 saturated heterocycles. The molecule has 3 heterocycles. The van der Waals surface area contributed by atoms with E-state index in [2.05, 4.69) is 20.2 Å². The molecule has 1 aliphatic carbocycles. The van der Waals surface area contributed by atoms with Crippen LogP contribution in [0.4, 0.5) is 24.5 Å². The third-order valence-corrected chi connectivity index (χ3v) is 6.80. The number of anilines is 2. The minimum Gasteiger partial charge on any atom is -0.486 e. The van der Waals surface area contributed by atoms with Crippen molar-refractivity contribution < 1.29 is 17.9 Å². The van der Waals surface area contributed by atoms with Gasteiger partial charge in [-0.25, -0.2) is 23.1 Å². The zero-order valence-corrected chi connectivity index (χ0v) is 19.2. The van der Waals surface area contributed by atoms with Gasteiger partial charge in [0.1, 0.15) is 23.9 Å². The van der Waals surface area contributed by atoms with E-state index < -0.39 is 11.6 Å². The van der Waals surface area contributed by atoms with Crippen LogP contribution in [0.25, 0.3) is 11.3 Å². The van der Waals surface area contributed by atoms with Crippen LogP contribution in [0.5, 0.6) is 5.75 Å². The van der Waals surface area contributed by atoms with Crippen LogP contribution in [0.2, 0.25) is 0 Å². The first-order valence-corrected chi connectivity index (χ1v) is 12.1. The van der Waals surface area contributed by atoms with Crippen molar-refractivity contribution in [1.29, 1.82) is 0 Å². The Labute approximate surface area is 201 Å². The van der Waals surface area contributed by atoms with E-state index in [0.717, 1.165) is 45.2 Å². The molecular weight excluding hydrogens is 455 g/mol. The van der Waals surface area contributed by atoms with Gasteiger partial charge < -0.3 is 19.9 Å². The first kappa shape index (κ1) is 22.2. The molecule has 0 amide bonds. The Morgan fingerprint density at radius 3 is 2.54 bits per heavy atom. The summed E-state index contributed by atoms with van der Waals surface area (Å²) < 4.78 is 50.1. The van der Waals surface area contributed by atoms with Gasteiger partial charge in [0.25, 0.3) is 0 Å². The Bertz CT molecular complexity index is 1260. The summed E-state index contributed by atoms with van der Waals surface area (Å²) in [5, 5.41) is 3.26. The van der Waals surface area contributed by atoms with Crippen molar-refractivity contribution in [3.05, 3.63) is 65.4 Å². The highest BCUT2D eigenvalue weighted by Crippen LogP contribution is 2.43. The molecule has 0 bridgehead atoms. The van der Waals surface area contributed by atoms with Crippen LogP contribution in [0, 0.1) is 17.5 Å². The first-order chi connectivity index (χ1) is 17.1. The zero-order valence-electron chi connectivity index (χ0n) is 19.2. The molecule has 6 nitrogen and oxygen atoms in total. The quantitative estimate of drug-likeness (QED) is 0.596. The second-order valence-electron chi connectivity index (χ2n) is 9.26. The van der Waals surface area contributed by atoms with Gasteiger partial charge in [-0.15, -0.1) is 0 Å². The molecule has 0 atom stereocenters. The summed E-state index contributed by atoms with van der Waals surface area (Å²) >= 11 is 0. The molecule has 182 valence electrons. The van der Waals surface area contributed by atoms with Crippen LogP contribution >= 0.6 is 0 Å². The van der Waals surface area contributed by atoms with Gasteiger partial charge in [0, 0.05) is 44.2 Å². The standard InChI is InChI=1S/C26H26F3N5O/c27-19-11-16(1-4-22(19)33-7-5-30-6-8-33)12-24-31-15-21(29)25(32-24)17-13-20(28)26-23(14-17)34(9-10-35-26)18-2-3-18/h1,4,11,13-15,18,30H,2-3,5-10,12H2. The predicted molar refractivity (Wildman–Crippen MR) is 128 cm³/mol. The van der Waals surface area contributed by atoms with Crippen LogP contribution in [0.1, 0.15) is 24.2 Å². The van der Waals surface area contributed by atoms with E-state index in [4.69, 9.17) is 4.74 Å². The Morgan fingerprint density at radius 2 is 1.77 bits per heavy atom. The van der Waals surface area contributed by atoms with Crippen molar-refractivity contribution in [3.63, 3.8) is 0 Å². The predicted octanol–water partition coefficient (Wildman–Crippen LogP) is 3.92. The van der Waals surface area contributed by atoms with Crippen molar-refractivity contribution in [2.75, 3.05) is 49.1 Å². The van der Waals surface area contributed by atoms with Gasteiger partial charge in [0.05, 0.1) is 24.1 Å². The fraction of sp³-hybridized carbons (Fsp3) is 0.385. The molecule has 6 rings (SSSR count). The zero-order chi connectivity index (χ0) is 23.9. The number of rotatable bonds is 5. The molecule has 2 fully saturated rings. The molecule has 35 heavy (non-hydrogen) atoms. The number of nitrogens with zero attached hydrogens (tertiary/aromatic N) is 4. The third kappa shape index (κ3) is 4.40. The van der Waals surface area contributed by atoms with Gasteiger partial charge in [-0.3, -0.25) is 0 Å². The molecule has 1 aromatic heterocycles. The highest BCUT2D eigenvalue weighted by molar-refractivity contribution is 5.72. The van der Waals surface area contributed by atoms with E-state index in [1.165, 1.54) is 12.1 Å². The lowest BCUT2D eigenvalue weighted by Crippen LogP contribution is -2.43. The molecule has 9 heteroatoms. The van der Waals surface area contributed by atoms with Gasteiger partial charge in [0.15, 0.2) is 17.4 Å². The number of hydrogen-bond donors (Lipinski definition) is 1. The van der Waals surface area contributed by atoms with E-state index in [1.54, 1.807) is 12.1 Å². The summed E-state index contributed by atoms with van der Waals surface area (Å²) in [6.07, 6.45) is 3.44. The highest BCUT2D eigenvalue weighted by Gasteiger charge is 2.34. The first-order valence-electron chi connectivity index (χ1n) is 12.1. The Morgan fingerprint density at radius 1 is 0.943 bits per heavy atom. The number of piperazine rings is 1. The van der Waals surface area contributed by atoms with Crippen LogP contribution in [0.15, 0.2) is 36.5 Å². The van der Waals surface area contributed by atoms with Crippen LogP contribution in [-0.2, 0) is 6.42 Å². The molecular formula is C26H26F3N5O. The molecule has 3 aliphatic rings. The van der Waals surface area contributed by atoms with Gasteiger partial charge in [-0.05, 0) is 42.7 Å². The smallest absolute Gasteiger partial charge is 0.178 e. The monoisotopic (exact) mass is 481 g/mol. The number of nitrogens with one attached hydrogen (secondary N) is 1. The summed E-state index contributed by atoms with van der Waals surface area (Å²) in [7, 11) is 0. The second-order valence-corrected chi connectivity index (χ2v) is 9.26. The van der Waals surface area contributed by atoms with E-state index in [1.807, 2.05) is 11.0 Å². The van der Waals surface area contributed by atoms with Crippen molar-refractivity contribution in [2.24, 2.45) is 0 Å². The molecule has 2 aliphatic heterocycles. The molecule has 0 unspecified atom stereocenters. The topological polar surface area (TPSA) is 53.5 Å². The number of halogens is 3. The number of ether oxygens (including phenoxy) is 1. The summed E-state index contributed by atoms with van der Waals surface area (Å²) in [6.45, 7) is 4.24. The lowest BCUT2D eigenvalue weighted by molar-refractivity contribution is 0.291. The van der Waals surface area contributed by atoms with Crippen LogP contribution in [-0.4, -0.2) is 55.3 Å². The van der Waals surface area contributed by atoms with Crippen molar-refractivity contribution in [1.82, 2.24) is 15.3 Å². The number of aromatic nitrogens is 2. The molecule has 3 aromatic rings. The molecule has 2 aromatic carbocycles. The average molecular weight is 482 g/mol. The van der Waals surface area contributed by atoms with Crippen molar-refractivity contribution >= 4 is 11.4 Å². The SMILES string of the molecule is Fc1cc(Cc2ncc(F)c(-c3cc(F)c4c(c3)N(C3CC3)CCO4)n2)ccc1N1CCNCC1. The average Bonchev–Trinajstić information content (AvgIpc) is 3.71. The Kier molecular flexibility index (Phi) is 5.72. The fourth-order valence-electron chi connectivity index (χ4n) is 4.90. The van der Waals surface area contributed by atoms with E-state index in [0.29, 0.717) is 47.5 Å². The van der Waals surface area contributed by atoms with Gasteiger partial charge in [0.2, 0.25) is 0 Å². The van der Waals surface area contributed by atoms with Crippen LogP contribution < -0.4 is 19.9 Å². The van der Waals surface area contributed by atoms with Gasteiger partial charge >= 0.3 is 0 Å². The van der Waals surface area contributed by atoms with E-state index in [9.17, 15) is 13.2 Å². The summed E-state index contributed by atoms with van der Waals surface area (Å²) in [4.78, 5) is 12.7. The lowest BCUT2D eigenvalue weighted by Gasteiger charge is -2.32. The van der Waals surface area contributed by atoms with Crippen molar-refractivity contribution in [3.8, 4) is 17.0 Å². The maximum absolute atomic E-state index is 14.9. The molecule has 0 spiro atoms. The molecule has 1 saturated carbocycles. The Balaban J connectivity index is 1.28. The third-order valence-electron chi connectivity index (χ3n) is 6.80. The van der Waals surface area contributed by atoms with Gasteiger partial charge in [-0.2, -0.15) is 0 Å². The molecule has 1 N–H and O–H groups in total. The Hall–Kier alpha value is -3.33. The minimum atomic E-state index is -0.636. The highest BCUT2D eigenvalue weighted by atomic mass is 19.1. The maximum atomic E-state index is 14.9. The number of benzene rings is 2. The normalized spacial score (nSPS) is 17.8. The van der Waals surface area contributed by atoms with Crippen LogP contribution in [0.3, 0.4) is 0 Å². The minimum absolute atomic E-state index is 0.0240. The van der Waals surface area contributed by atoms with Gasteiger partial charge in [-0.1, -0.05) is 6.07 Å². The fourth-order valence-corrected chi connectivity index (χ4v) is 4.90. The summed E-state index contributed by atoms with van der Waals surface area (Å²) in [5.41, 5.74) is 2.25.